The van der Waals surface area contributed by atoms with Crippen LogP contribution in [0, 0.1) is 6.92 Å². The second kappa shape index (κ2) is 7.69. The number of hydrogen-bond acceptors (Lipinski definition) is 6. The van der Waals surface area contributed by atoms with Crippen LogP contribution in [0.25, 0.3) is 11.4 Å². The Kier molecular flexibility index (Phi) is 5.17. The van der Waals surface area contributed by atoms with E-state index in [0.29, 0.717) is 34.3 Å². The number of aryl methyl sites for hydroxylation is 1. The fourth-order valence-corrected chi connectivity index (χ4v) is 2.34. The number of hydrogen-bond donors (Lipinski definition) is 1. The first-order valence-corrected chi connectivity index (χ1v) is 8.00. The topological polar surface area (TPSA) is 86.5 Å². The third kappa shape index (κ3) is 4.00. The third-order valence-electron chi connectivity index (χ3n) is 3.79. The molecule has 3 aromatic rings. The number of methoxy groups -OCH3 is 2. The van der Waals surface area contributed by atoms with Crippen LogP contribution in [0.1, 0.15) is 21.8 Å². The number of amides is 1. The van der Waals surface area contributed by atoms with Gasteiger partial charge in [-0.15, -0.1) is 0 Å². The lowest BCUT2D eigenvalue weighted by atomic mass is 10.1. The molecular weight excluding hydrogens is 334 g/mol. The zero-order valence-corrected chi connectivity index (χ0v) is 14.8. The average Bonchev–Trinajstić information content (AvgIpc) is 3.15. The summed E-state index contributed by atoms with van der Waals surface area (Å²) in [5, 5.41) is 6.71. The minimum absolute atomic E-state index is 0.140. The second-order valence-electron chi connectivity index (χ2n) is 5.66. The Labute approximate surface area is 150 Å². The molecule has 1 aromatic heterocycles. The molecule has 1 heterocycles. The summed E-state index contributed by atoms with van der Waals surface area (Å²) in [5.41, 5.74) is 2.37. The molecule has 0 spiro atoms. The summed E-state index contributed by atoms with van der Waals surface area (Å²) < 4.78 is 15.7. The first-order chi connectivity index (χ1) is 12.6. The third-order valence-corrected chi connectivity index (χ3v) is 3.79. The van der Waals surface area contributed by atoms with Gasteiger partial charge in [0.05, 0.1) is 20.8 Å². The number of ether oxygens (including phenoxy) is 2. The number of carbonyl (C=O) groups excluding carboxylic acids is 1. The van der Waals surface area contributed by atoms with E-state index in [2.05, 4.69) is 15.5 Å². The molecule has 134 valence electrons. The van der Waals surface area contributed by atoms with Crippen LogP contribution in [0.3, 0.4) is 0 Å². The highest BCUT2D eigenvalue weighted by Gasteiger charge is 2.13. The normalized spacial score (nSPS) is 10.4. The van der Waals surface area contributed by atoms with Crippen molar-refractivity contribution in [2.45, 2.75) is 13.5 Å². The zero-order chi connectivity index (χ0) is 18.5. The average molecular weight is 353 g/mol. The maximum Gasteiger partial charge on any atom is 0.251 e. The van der Waals surface area contributed by atoms with Crippen LogP contribution < -0.4 is 14.8 Å². The lowest BCUT2D eigenvalue weighted by Gasteiger charge is -2.05. The van der Waals surface area contributed by atoms with E-state index in [0.717, 1.165) is 5.56 Å². The molecule has 0 atom stereocenters. The molecule has 0 aliphatic rings. The quantitative estimate of drug-likeness (QED) is 0.733. The minimum atomic E-state index is -0.201. The molecule has 7 heteroatoms. The fourth-order valence-electron chi connectivity index (χ4n) is 2.34. The summed E-state index contributed by atoms with van der Waals surface area (Å²) in [4.78, 5) is 16.4. The van der Waals surface area contributed by atoms with Gasteiger partial charge >= 0.3 is 0 Å². The van der Waals surface area contributed by atoms with Gasteiger partial charge in [0.15, 0.2) is 0 Å². The van der Waals surface area contributed by atoms with E-state index in [4.69, 9.17) is 14.0 Å². The molecule has 7 nitrogen and oxygen atoms in total. The Morgan fingerprint density at radius 3 is 2.35 bits per heavy atom. The van der Waals surface area contributed by atoms with E-state index in [1.54, 1.807) is 44.6 Å². The Morgan fingerprint density at radius 1 is 1.08 bits per heavy atom. The molecule has 0 fully saturated rings. The predicted molar refractivity (Wildman–Crippen MR) is 95.2 cm³/mol. The highest BCUT2D eigenvalue weighted by atomic mass is 16.5. The predicted octanol–water partition coefficient (Wildman–Crippen LogP) is 2.99. The van der Waals surface area contributed by atoms with Gasteiger partial charge in [-0.2, -0.15) is 4.98 Å². The summed E-state index contributed by atoms with van der Waals surface area (Å²) in [5.74, 6) is 1.74. The van der Waals surface area contributed by atoms with Gasteiger partial charge in [0, 0.05) is 17.2 Å². The van der Waals surface area contributed by atoms with Crippen molar-refractivity contribution in [2.75, 3.05) is 14.2 Å². The van der Waals surface area contributed by atoms with Crippen LogP contribution in [0.2, 0.25) is 0 Å². The molecule has 1 N–H and O–H groups in total. The fraction of sp³-hybridized carbons (Fsp3) is 0.211. The van der Waals surface area contributed by atoms with Crippen LogP contribution in [0.4, 0.5) is 0 Å². The number of carbonyl (C=O) groups is 1. The summed E-state index contributed by atoms with van der Waals surface area (Å²) in [7, 11) is 3.14. The molecule has 0 aliphatic carbocycles. The van der Waals surface area contributed by atoms with E-state index < -0.39 is 0 Å². The Hall–Kier alpha value is -3.35. The van der Waals surface area contributed by atoms with Gasteiger partial charge in [0.2, 0.25) is 11.7 Å². The van der Waals surface area contributed by atoms with Gasteiger partial charge < -0.3 is 19.3 Å². The van der Waals surface area contributed by atoms with Gasteiger partial charge in [-0.3, -0.25) is 4.79 Å². The smallest absolute Gasteiger partial charge is 0.251 e. The van der Waals surface area contributed by atoms with Crippen molar-refractivity contribution >= 4 is 5.91 Å². The van der Waals surface area contributed by atoms with Crippen molar-refractivity contribution in [3.63, 3.8) is 0 Å². The molecule has 0 saturated heterocycles. The molecule has 0 saturated carbocycles. The minimum Gasteiger partial charge on any atom is -0.497 e. The maximum absolute atomic E-state index is 12.1. The first kappa shape index (κ1) is 17.5. The number of benzene rings is 2. The Balaban J connectivity index is 1.70. The summed E-state index contributed by atoms with van der Waals surface area (Å²) in [6.45, 7) is 2.11. The highest BCUT2D eigenvalue weighted by Crippen LogP contribution is 2.28. The SMILES string of the molecule is COc1cc(OC)cc(-c2noc(CNC(=O)c3ccc(C)cc3)n2)c1. The van der Waals surface area contributed by atoms with E-state index in [1.165, 1.54) is 0 Å². The van der Waals surface area contributed by atoms with Crippen LogP contribution in [-0.4, -0.2) is 30.3 Å². The van der Waals surface area contributed by atoms with E-state index in [-0.39, 0.29) is 12.5 Å². The Bertz CT molecular complexity index is 881. The zero-order valence-electron chi connectivity index (χ0n) is 14.8. The molecule has 0 unspecified atom stereocenters. The monoisotopic (exact) mass is 353 g/mol. The van der Waals surface area contributed by atoms with E-state index in [1.807, 2.05) is 19.1 Å². The van der Waals surface area contributed by atoms with Crippen LogP contribution in [0.15, 0.2) is 47.0 Å². The maximum atomic E-state index is 12.1. The van der Waals surface area contributed by atoms with Crippen molar-refractivity contribution in [1.29, 1.82) is 0 Å². The van der Waals surface area contributed by atoms with Crippen molar-refractivity contribution in [1.82, 2.24) is 15.5 Å². The van der Waals surface area contributed by atoms with Crippen LogP contribution >= 0.6 is 0 Å². The second-order valence-corrected chi connectivity index (χ2v) is 5.66. The molecule has 1 amide bonds. The van der Waals surface area contributed by atoms with Gasteiger partial charge in [0.25, 0.3) is 5.91 Å². The molecular formula is C19H19N3O4. The number of rotatable bonds is 6. The summed E-state index contributed by atoms with van der Waals surface area (Å²) in [6.07, 6.45) is 0. The van der Waals surface area contributed by atoms with Crippen molar-refractivity contribution < 1.29 is 18.8 Å². The highest BCUT2D eigenvalue weighted by molar-refractivity contribution is 5.94. The molecule has 3 rings (SSSR count). The van der Waals surface area contributed by atoms with Crippen LogP contribution in [-0.2, 0) is 6.54 Å². The van der Waals surface area contributed by atoms with Gasteiger partial charge in [-0.1, -0.05) is 22.9 Å². The van der Waals surface area contributed by atoms with Crippen LogP contribution in [0.5, 0.6) is 11.5 Å². The van der Waals surface area contributed by atoms with Crippen molar-refractivity contribution in [2.24, 2.45) is 0 Å². The summed E-state index contributed by atoms with van der Waals surface area (Å²) >= 11 is 0. The first-order valence-electron chi connectivity index (χ1n) is 8.00. The molecule has 2 aromatic carbocycles. The Morgan fingerprint density at radius 2 is 1.73 bits per heavy atom. The number of nitrogens with zero attached hydrogens (tertiary/aromatic N) is 2. The molecule has 26 heavy (non-hydrogen) atoms. The molecule has 0 radical (unpaired) electrons. The molecule has 0 aliphatic heterocycles. The molecule has 0 bridgehead atoms. The number of aromatic nitrogens is 2. The van der Waals surface area contributed by atoms with E-state index >= 15 is 0 Å². The van der Waals surface area contributed by atoms with Crippen molar-refractivity contribution in [3.05, 3.63) is 59.5 Å². The standard InChI is InChI=1S/C19H19N3O4/c1-12-4-6-13(7-5-12)19(23)20-11-17-21-18(22-26-17)14-8-15(24-2)10-16(9-14)25-3/h4-10H,11H2,1-3H3,(H,20,23). The van der Waals surface area contributed by atoms with E-state index in [9.17, 15) is 4.79 Å². The summed E-state index contributed by atoms with van der Waals surface area (Å²) in [6, 6.07) is 12.6. The van der Waals surface area contributed by atoms with Gasteiger partial charge in [-0.05, 0) is 31.2 Å². The largest absolute Gasteiger partial charge is 0.497 e. The van der Waals surface area contributed by atoms with Gasteiger partial charge in [0.1, 0.15) is 11.5 Å². The lowest BCUT2D eigenvalue weighted by Crippen LogP contribution is -2.22. The number of nitrogens with one attached hydrogen (secondary N) is 1. The van der Waals surface area contributed by atoms with Gasteiger partial charge in [-0.25, -0.2) is 0 Å². The van der Waals surface area contributed by atoms with Crippen molar-refractivity contribution in [3.8, 4) is 22.9 Å². The lowest BCUT2D eigenvalue weighted by molar-refractivity contribution is 0.0946.